The van der Waals surface area contributed by atoms with Gasteiger partial charge in [0.1, 0.15) is 0 Å². The lowest BCUT2D eigenvalue weighted by molar-refractivity contribution is -0.149. The fraction of sp³-hybridized carbons (Fsp3) is 0.400. The minimum Gasteiger partial charge on any atom is -0.351 e. The number of hydrogen-bond acceptors (Lipinski definition) is 4. The Balaban J connectivity index is 2.26. The molecule has 19 heavy (non-hydrogen) atoms. The van der Waals surface area contributed by atoms with Crippen molar-refractivity contribution in [1.82, 2.24) is 4.98 Å². The van der Waals surface area contributed by atoms with Gasteiger partial charge in [-0.1, -0.05) is 18.2 Å². The maximum Gasteiger partial charge on any atom is 0.176 e. The molecule has 0 radical (unpaired) electrons. The van der Waals surface area contributed by atoms with Crippen LogP contribution >= 0.6 is 0 Å². The zero-order valence-electron chi connectivity index (χ0n) is 11.4. The van der Waals surface area contributed by atoms with Crippen molar-refractivity contribution >= 4 is 10.9 Å². The molecule has 1 aromatic carbocycles. The molecule has 1 heterocycles. The van der Waals surface area contributed by atoms with Crippen LogP contribution in [-0.4, -0.2) is 24.5 Å². The highest BCUT2D eigenvalue weighted by molar-refractivity contribution is 5.78. The van der Waals surface area contributed by atoms with Crippen molar-refractivity contribution in [3.8, 4) is 0 Å². The van der Waals surface area contributed by atoms with Crippen LogP contribution in [0, 0.1) is 0 Å². The number of para-hydroxylation sites is 1. The van der Waals surface area contributed by atoms with Gasteiger partial charge in [-0.15, -0.1) is 0 Å². The van der Waals surface area contributed by atoms with E-state index in [-0.39, 0.29) is 6.04 Å². The third kappa shape index (κ3) is 3.29. The molecule has 4 nitrogen and oxygen atoms in total. The molecule has 2 aromatic rings. The van der Waals surface area contributed by atoms with E-state index in [0.717, 1.165) is 16.5 Å². The van der Waals surface area contributed by atoms with Crippen molar-refractivity contribution < 1.29 is 9.47 Å². The molecule has 1 unspecified atom stereocenters. The highest BCUT2D eigenvalue weighted by Gasteiger charge is 2.20. The maximum absolute atomic E-state index is 6.21. The van der Waals surface area contributed by atoms with Crippen LogP contribution in [0.4, 0.5) is 0 Å². The molecular formula is C15H20N2O2. The second kappa shape index (κ2) is 6.61. The molecule has 0 amide bonds. The largest absolute Gasteiger partial charge is 0.351 e. The molecule has 0 fully saturated rings. The Morgan fingerprint density at radius 1 is 1.16 bits per heavy atom. The third-order valence-electron chi connectivity index (χ3n) is 2.95. The first-order chi connectivity index (χ1) is 9.26. The van der Waals surface area contributed by atoms with E-state index in [2.05, 4.69) is 4.98 Å². The summed E-state index contributed by atoms with van der Waals surface area (Å²) in [6, 6.07) is 9.66. The molecule has 0 bridgehead atoms. The molecule has 0 aliphatic carbocycles. The maximum atomic E-state index is 6.21. The zero-order chi connectivity index (χ0) is 13.7. The SMILES string of the molecule is CCOC(OCC)C(N)c1cnc2ccccc2c1. The Morgan fingerprint density at radius 2 is 1.84 bits per heavy atom. The molecule has 1 atom stereocenters. The molecule has 2 N–H and O–H groups in total. The highest BCUT2D eigenvalue weighted by Crippen LogP contribution is 2.21. The quantitative estimate of drug-likeness (QED) is 0.811. The number of nitrogens with zero attached hydrogens (tertiary/aromatic N) is 1. The average Bonchev–Trinajstić information content (AvgIpc) is 2.46. The number of ether oxygens (including phenoxy) is 2. The Kier molecular flexibility index (Phi) is 4.85. The van der Waals surface area contributed by atoms with Gasteiger partial charge in [0, 0.05) is 24.8 Å². The Hall–Kier alpha value is -1.49. The smallest absolute Gasteiger partial charge is 0.176 e. The Bertz CT molecular complexity index is 524. The molecule has 1 aromatic heterocycles. The molecule has 0 saturated carbocycles. The normalized spacial score (nSPS) is 13.1. The zero-order valence-corrected chi connectivity index (χ0v) is 11.4. The molecule has 0 aliphatic heterocycles. The summed E-state index contributed by atoms with van der Waals surface area (Å²) in [4.78, 5) is 4.41. The van der Waals surface area contributed by atoms with Gasteiger partial charge in [-0.05, 0) is 31.5 Å². The fourth-order valence-electron chi connectivity index (χ4n) is 2.01. The summed E-state index contributed by atoms with van der Waals surface area (Å²) in [6.45, 7) is 4.99. The van der Waals surface area contributed by atoms with E-state index >= 15 is 0 Å². The monoisotopic (exact) mass is 260 g/mol. The van der Waals surface area contributed by atoms with Crippen molar-refractivity contribution in [2.75, 3.05) is 13.2 Å². The van der Waals surface area contributed by atoms with Gasteiger partial charge in [0.15, 0.2) is 6.29 Å². The van der Waals surface area contributed by atoms with Crippen LogP contribution < -0.4 is 5.73 Å². The van der Waals surface area contributed by atoms with Crippen molar-refractivity contribution in [3.63, 3.8) is 0 Å². The summed E-state index contributed by atoms with van der Waals surface area (Å²) in [5, 5.41) is 1.07. The van der Waals surface area contributed by atoms with Crippen LogP contribution in [-0.2, 0) is 9.47 Å². The first kappa shape index (κ1) is 13.9. The Morgan fingerprint density at radius 3 is 2.53 bits per heavy atom. The first-order valence-electron chi connectivity index (χ1n) is 6.59. The van der Waals surface area contributed by atoms with Crippen LogP contribution in [0.5, 0.6) is 0 Å². The summed E-state index contributed by atoms with van der Waals surface area (Å²) >= 11 is 0. The minimum absolute atomic E-state index is 0.336. The second-order valence-electron chi connectivity index (χ2n) is 4.27. The molecule has 0 saturated heterocycles. The van der Waals surface area contributed by atoms with Crippen molar-refractivity contribution in [3.05, 3.63) is 42.1 Å². The lowest BCUT2D eigenvalue weighted by Gasteiger charge is -2.23. The van der Waals surface area contributed by atoms with E-state index < -0.39 is 6.29 Å². The molecule has 0 spiro atoms. The summed E-state index contributed by atoms with van der Waals surface area (Å²) in [5.74, 6) is 0. The van der Waals surface area contributed by atoms with Gasteiger partial charge >= 0.3 is 0 Å². The average molecular weight is 260 g/mol. The van der Waals surface area contributed by atoms with Gasteiger partial charge in [0.05, 0.1) is 11.6 Å². The topological polar surface area (TPSA) is 57.4 Å². The van der Waals surface area contributed by atoms with Gasteiger partial charge in [-0.25, -0.2) is 0 Å². The first-order valence-corrected chi connectivity index (χ1v) is 6.59. The molecule has 102 valence electrons. The third-order valence-corrected chi connectivity index (χ3v) is 2.95. The standard InChI is InChI=1S/C15H20N2O2/c1-3-18-15(19-4-2)14(16)12-9-11-7-5-6-8-13(11)17-10-12/h5-10,14-15H,3-4,16H2,1-2H3. The molecule has 0 aliphatic rings. The van der Waals surface area contributed by atoms with E-state index in [1.807, 2.05) is 44.2 Å². The minimum atomic E-state index is -0.432. The second-order valence-corrected chi connectivity index (χ2v) is 4.27. The van der Waals surface area contributed by atoms with E-state index in [0.29, 0.717) is 13.2 Å². The van der Waals surface area contributed by atoms with Crippen LogP contribution in [0.3, 0.4) is 0 Å². The Labute approximate surface area is 113 Å². The van der Waals surface area contributed by atoms with Crippen molar-refractivity contribution in [1.29, 1.82) is 0 Å². The van der Waals surface area contributed by atoms with E-state index in [1.54, 1.807) is 6.20 Å². The number of fused-ring (bicyclic) bond motifs is 1. The molecule has 2 rings (SSSR count). The predicted octanol–water partition coefficient (Wildman–Crippen LogP) is 2.63. The highest BCUT2D eigenvalue weighted by atomic mass is 16.7. The fourth-order valence-corrected chi connectivity index (χ4v) is 2.01. The molecular weight excluding hydrogens is 240 g/mol. The van der Waals surface area contributed by atoms with Gasteiger partial charge < -0.3 is 15.2 Å². The summed E-state index contributed by atoms with van der Waals surface area (Å²) < 4.78 is 11.1. The van der Waals surface area contributed by atoms with Crippen LogP contribution in [0.1, 0.15) is 25.5 Å². The number of aromatic nitrogens is 1. The summed E-state index contributed by atoms with van der Waals surface area (Å²) in [5.41, 5.74) is 8.10. The molecule has 4 heteroatoms. The van der Waals surface area contributed by atoms with Gasteiger partial charge in [-0.3, -0.25) is 4.98 Å². The van der Waals surface area contributed by atoms with E-state index in [9.17, 15) is 0 Å². The number of rotatable bonds is 6. The summed E-state index contributed by atoms with van der Waals surface area (Å²) in [6.07, 6.45) is 1.36. The van der Waals surface area contributed by atoms with Crippen LogP contribution in [0.25, 0.3) is 10.9 Å². The number of nitrogens with two attached hydrogens (primary N) is 1. The number of benzene rings is 1. The van der Waals surface area contributed by atoms with Crippen molar-refractivity contribution in [2.45, 2.75) is 26.2 Å². The van der Waals surface area contributed by atoms with Crippen LogP contribution in [0.15, 0.2) is 36.5 Å². The van der Waals surface area contributed by atoms with Gasteiger partial charge in [-0.2, -0.15) is 0 Å². The van der Waals surface area contributed by atoms with Gasteiger partial charge in [0.25, 0.3) is 0 Å². The van der Waals surface area contributed by atoms with Crippen molar-refractivity contribution in [2.24, 2.45) is 5.73 Å². The van der Waals surface area contributed by atoms with Crippen LogP contribution in [0.2, 0.25) is 0 Å². The number of hydrogen-bond donors (Lipinski definition) is 1. The lowest BCUT2D eigenvalue weighted by Crippen LogP contribution is -2.31. The number of pyridine rings is 1. The van der Waals surface area contributed by atoms with Gasteiger partial charge in [0.2, 0.25) is 0 Å². The van der Waals surface area contributed by atoms with E-state index in [1.165, 1.54) is 0 Å². The van der Waals surface area contributed by atoms with E-state index in [4.69, 9.17) is 15.2 Å². The predicted molar refractivity (Wildman–Crippen MR) is 75.7 cm³/mol. The summed E-state index contributed by atoms with van der Waals surface area (Å²) in [7, 11) is 0. The lowest BCUT2D eigenvalue weighted by atomic mass is 10.1.